The number of ether oxygens (including phenoxy) is 1. The minimum atomic E-state index is -0.348. The molecular formula is C25H24Cl2N4O5. The van der Waals surface area contributed by atoms with Crippen LogP contribution in [0.5, 0.6) is 0 Å². The van der Waals surface area contributed by atoms with Crippen molar-refractivity contribution in [1.82, 2.24) is 4.90 Å². The molecule has 188 valence electrons. The number of furan rings is 1. The molecule has 2 aliphatic rings. The fraction of sp³-hybridized carbons (Fsp3) is 0.320. The topological polar surface area (TPSA) is 92.3 Å². The molecule has 9 nitrogen and oxygen atoms in total. The maximum Gasteiger partial charge on any atom is 0.292 e. The number of morpholine rings is 1. The van der Waals surface area contributed by atoms with Crippen LogP contribution in [0.1, 0.15) is 10.6 Å². The lowest BCUT2D eigenvalue weighted by Crippen LogP contribution is -2.48. The number of rotatable bonds is 5. The number of hydrogen-bond acceptors (Lipinski definition) is 7. The van der Waals surface area contributed by atoms with Crippen LogP contribution in [0.3, 0.4) is 0 Å². The van der Waals surface area contributed by atoms with Gasteiger partial charge in [0.05, 0.1) is 28.2 Å². The summed E-state index contributed by atoms with van der Waals surface area (Å²) in [5.41, 5.74) is 2.21. The maximum atomic E-state index is 13.1. The molecule has 0 aliphatic carbocycles. The third-order valence-electron chi connectivity index (χ3n) is 6.47. The van der Waals surface area contributed by atoms with Crippen molar-refractivity contribution in [3.63, 3.8) is 0 Å². The summed E-state index contributed by atoms with van der Waals surface area (Å²) < 4.78 is 11.2. The molecule has 2 fully saturated rings. The van der Waals surface area contributed by atoms with E-state index in [4.69, 9.17) is 32.4 Å². The van der Waals surface area contributed by atoms with E-state index >= 15 is 0 Å². The number of carbonyl (C=O) groups is 1. The van der Waals surface area contributed by atoms with Crippen LogP contribution in [0.2, 0.25) is 10.0 Å². The van der Waals surface area contributed by atoms with E-state index in [1.807, 2.05) is 11.0 Å². The molecule has 0 N–H and O–H groups in total. The molecule has 11 heteroatoms. The summed E-state index contributed by atoms with van der Waals surface area (Å²) in [6.07, 6.45) is 0. The molecule has 0 unspecified atom stereocenters. The molecule has 0 saturated carbocycles. The Hall–Kier alpha value is -3.27. The quantitative estimate of drug-likeness (QED) is 0.340. The average Bonchev–Trinajstić information content (AvgIpc) is 3.40. The Morgan fingerprint density at radius 2 is 1.67 bits per heavy atom. The Morgan fingerprint density at radius 3 is 2.39 bits per heavy atom. The van der Waals surface area contributed by atoms with Crippen LogP contribution in [0, 0.1) is 10.1 Å². The van der Waals surface area contributed by atoms with Gasteiger partial charge in [0, 0.05) is 56.6 Å². The number of anilines is 2. The Bertz CT molecular complexity index is 1280. The van der Waals surface area contributed by atoms with Gasteiger partial charge in [0.1, 0.15) is 11.4 Å². The highest BCUT2D eigenvalue weighted by Crippen LogP contribution is 2.35. The van der Waals surface area contributed by atoms with Crippen molar-refractivity contribution in [3.8, 4) is 11.3 Å². The van der Waals surface area contributed by atoms with E-state index in [0.717, 1.165) is 5.69 Å². The Kier molecular flexibility index (Phi) is 7.04. The van der Waals surface area contributed by atoms with Crippen molar-refractivity contribution in [1.29, 1.82) is 0 Å². The molecule has 5 rings (SSSR count). The number of halogens is 2. The van der Waals surface area contributed by atoms with Gasteiger partial charge < -0.3 is 23.9 Å². The number of hydrogen-bond donors (Lipinski definition) is 0. The summed E-state index contributed by atoms with van der Waals surface area (Å²) in [4.78, 5) is 30.2. The highest BCUT2D eigenvalue weighted by atomic mass is 35.5. The van der Waals surface area contributed by atoms with Crippen molar-refractivity contribution in [2.75, 3.05) is 62.3 Å². The second-order valence-corrected chi connectivity index (χ2v) is 9.36. The van der Waals surface area contributed by atoms with Crippen molar-refractivity contribution in [2.45, 2.75) is 0 Å². The summed E-state index contributed by atoms with van der Waals surface area (Å²) in [6, 6.07) is 13.8. The fourth-order valence-electron chi connectivity index (χ4n) is 4.54. The number of nitro groups is 1. The van der Waals surface area contributed by atoms with Gasteiger partial charge >= 0.3 is 0 Å². The van der Waals surface area contributed by atoms with Crippen LogP contribution < -0.4 is 9.80 Å². The van der Waals surface area contributed by atoms with Gasteiger partial charge in [0.2, 0.25) is 0 Å². The summed E-state index contributed by atoms with van der Waals surface area (Å²) in [7, 11) is 0. The number of benzene rings is 2. The Balaban J connectivity index is 1.27. The molecule has 0 radical (unpaired) electrons. The first-order valence-electron chi connectivity index (χ1n) is 11.6. The van der Waals surface area contributed by atoms with Gasteiger partial charge in [0.25, 0.3) is 11.6 Å². The molecule has 36 heavy (non-hydrogen) atoms. The third kappa shape index (κ3) is 4.86. The fourth-order valence-corrected chi connectivity index (χ4v) is 4.93. The Morgan fingerprint density at radius 1 is 0.917 bits per heavy atom. The zero-order chi connectivity index (χ0) is 25.2. The molecular weight excluding hydrogens is 507 g/mol. The summed E-state index contributed by atoms with van der Waals surface area (Å²) >= 11 is 12.4. The lowest BCUT2D eigenvalue weighted by Gasteiger charge is -2.36. The second kappa shape index (κ2) is 10.4. The third-order valence-corrected chi connectivity index (χ3v) is 7.29. The van der Waals surface area contributed by atoms with Crippen LogP contribution >= 0.6 is 23.2 Å². The van der Waals surface area contributed by atoms with Gasteiger partial charge in [-0.15, -0.1) is 0 Å². The largest absolute Gasteiger partial charge is 0.451 e. The van der Waals surface area contributed by atoms with Gasteiger partial charge in [-0.1, -0.05) is 29.3 Å². The van der Waals surface area contributed by atoms with Gasteiger partial charge in [-0.3, -0.25) is 14.9 Å². The van der Waals surface area contributed by atoms with E-state index in [1.165, 1.54) is 0 Å². The van der Waals surface area contributed by atoms with Gasteiger partial charge in [-0.05, 0) is 36.4 Å². The van der Waals surface area contributed by atoms with Gasteiger partial charge in [-0.25, -0.2) is 0 Å². The predicted molar refractivity (Wildman–Crippen MR) is 138 cm³/mol. The maximum absolute atomic E-state index is 13.1. The molecule has 0 bridgehead atoms. The smallest absolute Gasteiger partial charge is 0.292 e. The summed E-state index contributed by atoms with van der Waals surface area (Å²) in [6.45, 7) is 4.49. The predicted octanol–water partition coefficient (Wildman–Crippen LogP) is 4.96. The van der Waals surface area contributed by atoms with Crippen molar-refractivity contribution in [3.05, 3.63) is 74.5 Å². The van der Waals surface area contributed by atoms with Gasteiger partial charge in [-0.2, -0.15) is 0 Å². The van der Waals surface area contributed by atoms with Crippen molar-refractivity contribution >= 4 is 46.2 Å². The number of amides is 1. The Labute approximate surface area is 217 Å². The summed E-state index contributed by atoms with van der Waals surface area (Å²) in [5, 5.41) is 12.4. The number of nitro benzene ring substituents is 1. The highest BCUT2D eigenvalue weighted by Gasteiger charge is 2.27. The molecule has 0 spiro atoms. The zero-order valence-electron chi connectivity index (χ0n) is 19.4. The highest BCUT2D eigenvalue weighted by molar-refractivity contribution is 6.43. The molecule has 3 aromatic rings. The SMILES string of the molecule is O=C(c1ccc(-c2cccc(Cl)c2Cl)o1)N1CCN(c2ccc([N+](=O)[O-])c(N3CCOCC3)c2)CC1. The number of piperazine rings is 1. The lowest BCUT2D eigenvalue weighted by atomic mass is 10.1. The van der Waals surface area contributed by atoms with E-state index in [9.17, 15) is 14.9 Å². The van der Waals surface area contributed by atoms with Crippen LogP contribution in [0.15, 0.2) is 52.9 Å². The summed E-state index contributed by atoms with van der Waals surface area (Å²) in [5.74, 6) is 0.516. The van der Waals surface area contributed by atoms with Crippen molar-refractivity contribution in [2.24, 2.45) is 0 Å². The first kappa shape index (κ1) is 24.4. The monoisotopic (exact) mass is 530 g/mol. The van der Waals surface area contributed by atoms with Crippen LogP contribution in [-0.4, -0.2) is 68.2 Å². The lowest BCUT2D eigenvalue weighted by molar-refractivity contribution is -0.384. The van der Waals surface area contributed by atoms with E-state index in [1.54, 1.807) is 47.4 Å². The molecule has 2 aromatic carbocycles. The van der Waals surface area contributed by atoms with E-state index in [2.05, 4.69) is 4.90 Å². The standard InChI is InChI=1S/C25H24Cl2N4O5/c26-19-3-1-2-18(24(19)27)22-6-7-23(36-22)25(32)30-10-8-28(9-11-30)17-4-5-20(31(33)34)21(16-17)29-12-14-35-15-13-29/h1-7,16H,8-15H2. The average molecular weight is 531 g/mol. The second-order valence-electron chi connectivity index (χ2n) is 8.57. The normalized spacial score (nSPS) is 16.3. The molecule has 1 aromatic heterocycles. The van der Waals surface area contributed by atoms with E-state index in [0.29, 0.717) is 79.5 Å². The molecule has 1 amide bonds. The molecule has 0 atom stereocenters. The first-order valence-corrected chi connectivity index (χ1v) is 12.4. The van der Waals surface area contributed by atoms with Crippen molar-refractivity contribution < 1.29 is 18.9 Å². The van der Waals surface area contributed by atoms with Crippen LogP contribution in [-0.2, 0) is 4.74 Å². The van der Waals surface area contributed by atoms with E-state index < -0.39 is 0 Å². The zero-order valence-corrected chi connectivity index (χ0v) is 20.9. The minimum Gasteiger partial charge on any atom is -0.451 e. The van der Waals surface area contributed by atoms with E-state index in [-0.39, 0.29) is 22.3 Å². The molecule has 2 aliphatic heterocycles. The number of carbonyl (C=O) groups excluding carboxylic acids is 1. The molecule has 3 heterocycles. The minimum absolute atomic E-state index is 0.0860. The van der Waals surface area contributed by atoms with Gasteiger partial charge in [0.15, 0.2) is 5.76 Å². The van der Waals surface area contributed by atoms with Crippen LogP contribution in [0.25, 0.3) is 11.3 Å². The first-order chi connectivity index (χ1) is 17.4. The molecule has 2 saturated heterocycles. The number of nitrogens with zero attached hydrogens (tertiary/aromatic N) is 4. The van der Waals surface area contributed by atoms with Crippen LogP contribution in [0.4, 0.5) is 17.1 Å².